The van der Waals surface area contributed by atoms with Crippen LogP contribution in [0.3, 0.4) is 0 Å². The van der Waals surface area contributed by atoms with Gasteiger partial charge in [0.15, 0.2) is 0 Å². The normalized spacial score (nSPS) is 35.0. The van der Waals surface area contributed by atoms with Crippen LogP contribution >= 0.6 is 11.8 Å². The Bertz CT molecular complexity index is 245. The van der Waals surface area contributed by atoms with Crippen LogP contribution in [0.15, 0.2) is 0 Å². The molecule has 1 unspecified atom stereocenters. The Morgan fingerprint density at radius 3 is 2.56 bits per heavy atom. The number of thioether (sulfide) groups is 1. The van der Waals surface area contributed by atoms with E-state index in [1.807, 2.05) is 23.7 Å². The first-order valence-corrected chi connectivity index (χ1v) is 7.41. The minimum absolute atomic E-state index is 0.0642. The first-order chi connectivity index (χ1) is 7.68. The summed E-state index contributed by atoms with van der Waals surface area (Å²) in [6.45, 7) is 2.31. The van der Waals surface area contributed by atoms with Crippen molar-refractivity contribution in [3.05, 3.63) is 0 Å². The lowest BCUT2D eigenvalue weighted by atomic mass is 9.86. The third-order valence-corrected chi connectivity index (χ3v) is 4.83. The fourth-order valence-electron chi connectivity index (χ4n) is 2.61. The van der Waals surface area contributed by atoms with Crippen LogP contribution in [0.1, 0.15) is 32.6 Å². The molecule has 0 aromatic heterocycles. The Balaban J connectivity index is 1.86. The standard InChI is InChI=1S/C12H22N2OS/c1-9-3-5-10(6-4-9)14(2)12(15)11-7-16-8-13-11/h9-11,13H,3-8H2,1-2H3. The summed E-state index contributed by atoms with van der Waals surface area (Å²) < 4.78 is 0. The molecule has 0 aromatic carbocycles. The Hall–Kier alpha value is -0.220. The molecule has 0 spiro atoms. The van der Waals surface area contributed by atoms with E-state index < -0.39 is 0 Å². The predicted molar refractivity (Wildman–Crippen MR) is 68.4 cm³/mol. The number of carbonyl (C=O) groups excluding carboxylic acids is 1. The number of hydrogen-bond donors (Lipinski definition) is 1. The van der Waals surface area contributed by atoms with Crippen LogP contribution in [-0.4, -0.2) is 41.6 Å². The van der Waals surface area contributed by atoms with E-state index in [9.17, 15) is 4.79 Å². The van der Waals surface area contributed by atoms with Crippen LogP contribution in [0, 0.1) is 5.92 Å². The Labute approximate surface area is 102 Å². The summed E-state index contributed by atoms with van der Waals surface area (Å²) in [6.07, 6.45) is 4.91. The minimum atomic E-state index is 0.0642. The van der Waals surface area contributed by atoms with E-state index in [2.05, 4.69) is 12.2 Å². The highest BCUT2D eigenvalue weighted by atomic mass is 32.2. The molecule has 4 heteroatoms. The summed E-state index contributed by atoms with van der Waals surface area (Å²) >= 11 is 1.82. The summed E-state index contributed by atoms with van der Waals surface area (Å²) in [5.41, 5.74) is 0. The Morgan fingerprint density at radius 1 is 1.31 bits per heavy atom. The van der Waals surface area contributed by atoms with Gasteiger partial charge < -0.3 is 4.90 Å². The molecule has 16 heavy (non-hydrogen) atoms. The number of likely N-dealkylation sites (N-methyl/N-ethyl adjacent to an activating group) is 1. The van der Waals surface area contributed by atoms with Crippen molar-refractivity contribution in [3.8, 4) is 0 Å². The zero-order valence-electron chi connectivity index (χ0n) is 10.2. The predicted octanol–water partition coefficient (Wildman–Crippen LogP) is 1.69. The van der Waals surface area contributed by atoms with E-state index in [1.165, 1.54) is 25.7 Å². The molecule has 1 N–H and O–H groups in total. The highest BCUT2D eigenvalue weighted by molar-refractivity contribution is 7.99. The monoisotopic (exact) mass is 242 g/mol. The molecular formula is C12H22N2OS. The second-order valence-electron chi connectivity index (χ2n) is 5.13. The second-order valence-corrected chi connectivity index (χ2v) is 6.16. The molecule has 1 saturated heterocycles. The number of rotatable bonds is 2. The molecule has 1 atom stereocenters. The molecule has 1 aliphatic heterocycles. The zero-order valence-corrected chi connectivity index (χ0v) is 11.1. The first kappa shape index (κ1) is 12.2. The molecule has 1 saturated carbocycles. The van der Waals surface area contributed by atoms with Crippen molar-refractivity contribution in [2.45, 2.75) is 44.7 Å². The Morgan fingerprint density at radius 2 is 2.00 bits per heavy atom. The summed E-state index contributed by atoms with van der Waals surface area (Å²) in [5.74, 6) is 3.00. The zero-order chi connectivity index (χ0) is 11.5. The van der Waals surface area contributed by atoms with Gasteiger partial charge in [0.1, 0.15) is 0 Å². The molecule has 2 fully saturated rings. The summed E-state index contributed by atoms with van der Waals surface area (Å²) in [7, 11) is 1.98. The van der Waals surface area contributed by atoms with Crippen molar-refractivity contribution in [1.29, 1.82) is 0 Å². The van der Waals surface area contributed by atoms with E-state index in [-0.39, 0.29) is 6.04 Å². The molecule has 92 valence electrons. The maximum Gasteiger partial charge on any atom is 0.240 e. The average Bonchev–Trinajstić information content (AvgIpc) is 2.81. The van der Waals surface area contributed by atoms with E-state index in [4.69, 9.17) is 0 Å². The van der Waals surface area contributed by atoms with E-state index in [0.717, 1.165) is 17.5 Å². The molecule has 3 nitrogen and oxygen atoms in total. The molecule has 0 radical (unpaired) electrons. The van der Waals surface area contributed by atoms with Crippen molar-refractivity contribution in [1.82, 2.24) is 10.2 Å². The van der Waals surface area contributed by atoms with Crippen LogP contribution in [0.25, 0.3) is 0 Å². The van der Waals surface area contributed by atoms with E-state index in [1.54, 1.807) is 0 Å². The third-order valence-electron chi connectivity index (χ3n) is 3.90. The maximum atomic E-state index is 12.2. The van der Waals surface area contributed by atoms with Crippen molar-refractivity contribution in [3.63, 3.8) is 0 Å². The largest absolute Gasteiger partial charge is 0.341 e. The number of carbonyl (C=O) groups is 1. The van der Waals surface area contributed by atoms with Crippen LogP contribution in [0.5, 0.6) is 0 Å². The van der Waals surface area contributed by atoms with Crippen LogP contribution < -0.4 is 5.32 Å². The molecule has 1 amide bonds. The molecule has 2 rings (SSSR count). The fraction of sp³-hybridized carbons (Fsp3) is 0.917. The lowest BCUT2D eigenvalue weighted by molar-refractivity contribution is -0.134. The number of hydrogen-bond acceptors (Lipinski definition) is 3. The van der Waals surface area contributed by atoms with Gasteiger partial charge in [-0.3, -0.25) is 10.1 Å². The van der Waals surface area contributed by atoms with Gasteiger partial charge in [-0.2, -0.15) is 0 Å². The van der Waals surface area contributed by atoms with E-state index in [0.29, 0.717) is 11.9 Å². The van der Waals surface area contributed by atoms with Gasteiger partial charge in [-0.1, -0.05) is 6.92 Å². The van der Waals surface area contributed by atoms with Crippen LogP contribution in [0.4, 0.5) is 0 Å². The Kier molecular flexibility index (Phi) is 4.14. The van der Waals surface area contributed by atoms with Gasteiger partial charge in [0.05, 0.1) is 6.04 Å². The lowest BCUT2D eigenvalue weighted by Gasteiger charge is -2.34. The maximum absolute atomic E-state index is 12.2. The van der Waals surface area contributed by atoms with E-state index >= 15 is 0 Å². The summed E-state index contributed by atoms with van der Waals surface area (Å²) in [5, 5.41) is 3.26. The summed E-state index contributed by atoms with van der Waals surface area (Å²) in [6, 6.07) is 0.547. The highest BCUT2D eigenvalue weighted by Crippen LogP contribution is 2.27. The minimum Gasteiger partial charge on any atom is -0.341 e. The average molecular weight is 242 g/mol. The van der Waals surface area contributed by atoms with Gasteiger partial charge in [-0.05, 0) is 31.6 Å². The van der Waals surface area contributed by atoms with Gasteiger partial charge in [0.2, 0.25) is 5.91 Å². The summed E-state index contributed by atoms with van der Waals surface area (Å²) in [4.78, 5) is 14.2. The van der Waals surface area contributed by atoms with Crippen molar-refractivity contribution in [2.24, 2.45) is 5.92 Å². The van der Waals surface area contributed by atoms with Crippen molar-refractivity contribution < 1.29 is 4.79 Å². The van der Waals surface area contributed by atoms with Crippen LogP contribution in [-0.2, 0) is 4.79 Å². The molecule has 0 bridgehead atoms. The SMILES string of the molecule is CC1CCC(N(C)C(=O)C2CSCN2)CC1. The second kappa shape index (κ2) is 5.41. The number of amides is 1. The number of nitrogens with one attached hydrogen (secondary N) is 1. The van der Waals surface area contributed by atoms with Gasteiger partial charge in [0, 0.05) is 24.7 Å². The first-order valence-electron chi connectivity index (χ1n) is 6.26. The number of nitrogens with zero attached hydrogens (tertiary/aromatic N) is 1. The van der Waals surface area contributed by atoms with Gasteiger partial charge in [-0.15, -0.1) is 11.8 Å². The quantitative estimate of drug-likeness (QED) is 0.800. The fourth-order valence-corrected chi connectivity index (χ4v) is 3.54. The van der Waals surface area contributed by atoms with Gasteiger partial charge >= 0.3 is 0 Å². The molecular weight excluding hydrogens is 220 g/mol. The van der Waals surface area contributed by atoms with Crippen molar-refractivity contribution in [2.75, 3.05) is 18.7 Å². The third kappa shape index (κ3) is 2.72. The smallest absolute Gasteiger partial charge is 0.240 e. The molecule has 0 aromatic rings. The lowest BCUT2D eigenvalue weighted by Crippen LogP contribution is -2.48. The topological polar surface area (TPSA) is 32.3 Å². The molecule has 1 heterocycles. The van der Waals surface area contributed by atoms with Gasteiger partial charge in [-0.25, -0.2) is 0 Å². The van der Waals surface area contributed by atoms with Crippen molar-refractivity contribution >= 4 is 17.7 Å². The molecule has 2 aliphatic rings. The van der Waals surface area contributed by atoms with Gasteiger partial charge in [0.25, 0.3) is 0 Å². The molecule has 1 aliphatic carbocycles. The van der Waals surface area contributed by atoms with Crippen LogP contribution in [0.2, 0.25) is 0 Å². The highest BCUT2D eigenvalue weighted by Gasteiger charge is 2.30.